The largest absolute Gasteiger partial charge is 0.353 e. The molecule has 0 atom stereocenters. The fourth-order valence-corrected chi connectivity index (χ4v) is 17.4. The Balaban J connectivity index is 1.09. The summed E-state index contributed by atoms with van der Waals surface area (Å²) in [5.74, 6) is 0. The van der Waals surface area contributed by atoms with Crippen LogP contribution in [0.5, 0.6) is 0 Å². The van der Waals surface area contributed by atoms with Crippen LogP contribution in [0.3, 0.4) is 0 Å². The summed E-state index contributed by atoms with van der Waals surface area (Å²) in [5.41, 5.74) is 36.5. The van der Waals surface area contributed by atoms with Gasteiger partial charge in [-0.1, -0.05) is 364 Å². The number of rotatable bonds is 12. The average Bonchev–Trinajstić information content (AvgIpc) is 1.55. The maximum absolute atomic E-state index is 6.52. The molecule has 3 aliphatic rings. The Morgan fingerprint density at radius 2 is 0.268 bits per heavy atom. The van der Waals surface area contributed by atoms with Gasteiger partial charge in [-0.05, 0) is 160 Å². The Kier molecular flexibility index (Phi) is 16.2. The molecule has 522 valence electrons. The van der Waals surface area contributed by atoms with Crippen LogP contribution >= 0.6 is 0 Å². The zero-order chi connectivity index (χ0) is 74.0. The first-order chi connectivity index (χ1) is 55.6. The standard InChI is InChI=1S/C108H70N4/c1-13-37-69(38-14-1)81-61-89-90(62-82(81)70-39-15-2-16-40-70)102-98(78-55-31-10-32-56-78)104-93-65-85(73-45-21-5-22-46-73)86(74-47-23-6-24-48-74)66-94(93)106(111-104)100(80-59-35-12-36-60-80)108-96-68-88(76-51-27-8-28-52-76)87(75-49-25-7-26-50-75)67-95(96)107(112-108)99(79-57-33-11-34-58-79)105-92-64-84(72-43-19-4-20-44-72)83(71-41-17-3-18-42-71)63-91(92)103(110-105)97(101(89)109-102)77-53-29-9-30-54-77/h1-68,109,112H. The highest BCUT2D eigenvalue weighted by atomic mass is 14.8. The van der Waals surface area contributed by atoms with Crippen LogP contribution in [0, 0.1) is 0 Å². The van der Waals surface area contributed by atoms with Crippen LogP contribution in [0.4, 0.5) is 0 Å². The zero-order valence-electron chi connectivity index (χ0n) is 61.2. The molecule has 16 aromatic carbocycles. The quantitative estimate of drug-likeness (QED) is 0.128. The zero-order valence-corrected chi connectivity index (χ0v) is 61.2. The molecule has 1 aliphatic carbocycles. The van der Waals surface area contributed by atoms with Gasteiger partial charge >= 0.3 is 0 Å². The van der Waals surface area contributed by atoms with Crippen molar-refractivity contribution in [2.24, 2.45) is 0 Å². The molecule has 8 bridgehead atoms. The number of nitrogens with zero attached hydrogens (tertiary/aromatic N) is 2. The van der Waals surface area contributed by atoms with E-state index in [0.717, 1.165) is 222 Å². The summed E-state index contributed by atoms with van der Waals surface area (Å²) in [5, 5.41) is 4.13. The van der Waals surface area contributed by atoms with E-state index < -0.39 is 0 Å². The van der Waals surface area contributed by atoms with E-state index in [0.29, 0.717) is 0 Å². The first-order valence-electron chi connectivity index (χ1n) is 38.4. The molecular formula is C108H70N4. The van der Waals surface area contributed by atoms with Gasteiger partial charge in [0.15, 0.2) is 0 Å². The van der Waals surface area contributed by atoms with Crippen LogP contribution in [0.2, 0.25) is 0 Å². The molecule has 112 heavy (non-hydrogen) atoms. The number of hydrogen-bond acceptors (Lipinski definition) is 2. The van der Waals surface area contributed by atoms with Crippen molar-refractivity contribution in [2.75, 3.05) is 0 Å². The SMILES string of the molecule is c1ccc(-c2cc3c(cc2-c2ccccc2)-c2nc-3c(-c3ccccc3)c3[nH]c(c(-c4ccccc4)c4nc(c(-c5ccccc5)c5[nH]c(c2-c2ccccc2)c2cc(-c6ccccc6)c(-c6ccccc6)cc52)-c2cc(-c5ccccc5)c(-c5ccccc5)cc2-4)c2cc(-c4ccccc4)c(-c4ccccc4)cc32)cc1. The molecule has 0 radical (unpaired) electrons. The summed E-state index contributed by atoms with van der Waals surface area (Å²) >= 11 is 0. The minimum atomic E-state index is 0.835. The lowest BCUT2D eigenvalue weighted by molar-refractivity contribution is 1.39. The van der Waals surface area contributed by atoms with E-state index in [-0.39, 0.29) is 0 Å². The molecule has 0 saturated carbocycles. The number of aromatic amines is 2. The van der Waals surface area contributed by atoms with Gasteiger partial charge in [0.05, 0.1) is 44.8 Å². The topological polar surface area (TPSA) is 57.4 Å². The first kappa shape index (κ1) is 65.5. The van der Waals surface area contributed by atoms with Crippen molar-refractivity contribution in [3.05, 3.63) is 413 Å². The Morgan fingerprint density at radius 1 is 0.134 bits per heavy atom. The highest BCUT2D eigenvalue weighted by Crippen LogP contribution is 2.57. The van der Waals surface area contributed by atoms with Crippen molar-refractivity contribution in [2.45, 2.75) is 0 Å². The van der Waals surface area contributed by atoms with E-state index in [4.69, 9.17) is 9.97 Å². The van der Waals surface area contributed by atoms with E-state index in [1.165, 1.54) is 0 Å². The monoisotopic (exact) mass is 1420 g/mol. The van der Waals surface area contributed by atoms with Gasteiger partial charge < -0.3 is 9.97 Å². The molecule has 2 aromatic heterocycles. The van der Waals surface area contributed by atoms with E-state index in [2.05, 4.69) is 422 Å². The molecule has 0 unspecified atom stereocenters. The molecule has 21 rings (SSSR count). The lowest BCUT2D eigenvalue weighted by atomic mass is 9.86. The minimum absolute atomic E-state index is 0.835. The van der Waals surface area contributed by atoms with Crippen molar-refractivity contribution in [3.63, 3.8) is 0 Å². The van der Waals surface area contributed by atoms with Crippen LogP contribution in [0.25, 0.3) is 222 Å². The fourth-order valence-electron chi connectivity index (χ4n) is 17.4. The van der Waals surface area contributed by atoms with E-state index >= 15 is 0 Å². The number of benzene rings is 16. The number of aromatic nitrogens is 4. The second-order valence-electron chi connectivity index (χ2n) is 29.0. The normalized spacial score (nSPS) is 11.6. The third-order valence-corrected chi connectivity index (χ3v) is 22.6. The van der Waals surface area contributed by atoms with E-state index in [1.54, 1.807) is 0 Å². The maximum Gasteiger partial charge on any atom is 0.0816 e. The molecule has 0 spiro atoms. The molecule has 18 aromatic rings. The third kappa shape index (κ3) is 11.3. The summed E-state index contributed by atoms with van der Waals surface area (Å²) in [7, 11) is 0. The number of hydrogen-bond donors (Lipinski definition) is 2. The maximum atomic E-state index is 6.52. The fraction of sp³-hybridized carbons (Fsp3) is 0. The summed E-state index contributed by atoms with van der Waals surface area (Å²) in [4.78, 5) is 22.1. The van der Waals surface area contributed by atoms with Crippen molar-refractivity contribution in [3.8, 4) is 179 Å². The minimum Gasteiger partial charge on any atom is -0.353 e. The first-order valence-corrected chi connectivity index (χ1v) is 38.4. The molecule has 4 heterocycles. The number of nitrogens with one attached hydrogen (secondary N) is 2. The lowest BCUT2D eigenvalue weighted by Crippen LogP contribution is -1.91. The van der Waals surface area contributed by atoms with Gasteiger partial charge in [0.1, 0.15) is 0 Å². The second-order valence-corrected chi connectivity index (χ2v) is 29.0. The highest BCUT2D eigenvalue weighted by molar-refractivity contribution is 6.24. The highest BCUT2D eigenvalue weighted by Gasteiger charge is 2.34. The molecule has 2 N–H and O–H groups in total. The Bertz CT molecular complexity index is 6150. The molecule has 4 heteroatoms. The lowest BCUT2D eigenvalue weighted by Gasteiger charge is -2.16. The Hall–Kier alpha value is -14.8. The summed E-state index contributed by atoms with van der Waals surface area (Å²) in [6.45, 7) is 0. The third-order valence-electron chi connectivity index (χ3n) is 22.6. The smallest absolute Gasteiger partial charge is 0.0816 e. The van der Waals surface area contributed by atoms with Crippen molar-refractivity contribution in [1.82, 2.24) is 19.9 Å². The molecule has 4 nitrogen and oxygen atoms in total. The van der Waals surface area contributed by atoms with Crippen LogP contribution < -0.4 is 0 Å². The van der Waals surface area contributed by atoms with E-state index in [9.17, 15) is 0 Å². The van der Waals surface area contributed by atoms with Gasteiger partial charge in [0.25, 0.3) is 0 Å². The van der Waals surface area contributed by atoms with Gasteiger partial charge in [-0.2, -0.15) is 0 Å². The predicted octanol–water partition coefficient (Wildman–Crippen LogP) is 29.3. The van der Waals surface area contributed by atoms with Gasteiger partial charge in [-0.15, -0.1) is 0 Å². The van der Waals surface area contributed by atoms with Crippen molar-refractivity contribution < 1.29 is 0 Å². The summed E-state index contributed by atoms with van der Waals surface area (Å²) in [6, 6.07) is 151. The predicted molar refractivity (Wildman–Crippen MR) is 470 cm³/mol. The molecular weight excluding hydrogens is 1350 g/mol. The molecule has 0 saturated heterocycles. The Labute approximate surface area is 650 Å². The summed E-state index contributed by atoms with van der Waals surface area (Å²) < 4.78 is 0. The van der Waals surface area contributed by atoms with Crippen LogP contribution in [-0.2, 0) is 0 Å². The van der Waals surface area contributed by atoms with Crippen LogP contribution in [0.15, 0.2) is 413 Å². The number of H-pyrrole nitrogens is 2. The van der Waals surface area contributed by atoms with Crippen LogP contribution in [0.1, 0.15) is 0 Å². The molecule has 0 fully saturated rings. The van der Waals surface area contributed by atoms with Crippen LogP contribution in [-0.4, -0.2) is 19.9 Å². The van der Waals surface area contributed by atoms with Gasteiger partial charge in [-0.25, -0.2) is 9.97 Å². The average molecular weight is 1420 g/mol. The second kappa shape index (κ2) is 27.7. The van der Waals surface area contributed by atoms with Crippen molar-refractivity contribution in [1.29, 1.82) is 0 Å². The van der Waals surface area contributed by atoms with Gasteiger partial charge in [0.2, 0.25) is 0 Å². The van der Waals surface area contributed by atoms with Crippen molar-refractivity contribution >= 4 is 43.6 Å². The van der Waals surface area contributed by atoms with Gasteiger partial charge in [-0.3, -0.25) is 0 Å². The summed E-state index contributed by atoms with van der Waals surface area (Å²) in [6.07, 6.45) is 0. The van der Waals surface area contributed by atoms with E-state index in [1.807, 2.05) is 0 Å². The Morgan fingerprint density at radius 3 is 0.420 bits per heavy atom. The molecule has 0 amide bonds. The molecule has 2 aliphatic heterocycles. The van der Waals surface area contributed by atoms with Gasteiger partial charge in [0, 0.05) is 66.1 Å².